The van der Waals surface area contributed by atoms with E-state index in [4.69, 9.17) is 0 Å². The second kappa shape index (κ2) is 6.57. The van der Waals surface area contributed by atoms with Crippen LogP contribution in [0.25, 0.3) is 0 Å². The fourth-order valence-electron chi connectivity index (χ4n) is 3.66. The Kier molecular flexibility index (Phi) is 4.29. The van der Waals surface area contributed by atoms with Crippen molar-refractivity contribution in [3.8, 4) is 0 Å². The van der Waals surface area contributed by atoms with Gasteiger partial charge in [-0.15, -0.1) is 0 Å². The highest BCUT2D eigenvalue weighted by Gasteiger charge is 2.32. The van der Waals surface area contributed by atoms with Crippen LogP contribution in [0.4, 0.5) is 11.4 Å². The van der Waals surface area contributed by atoms with Gasteiger partial charge in [-0.25, -0.2) is 0 Å². The van der Waals surface area contributed by atoms with Gasteiger partial charge in [-0.3, -0.25) is 9.69 Å². The summed E-state index contributed by atoms with van der Waals surface area (Å²) in [5.41, 5.74) is 3.37. The van der Waals surface area contributed by atoms with Crippen molar-refractivity contribution in [3.05, 3.63) is 58.6 Å². The summed E-state index contributed by atoms with van der Waals surface area (Å²) in [4.78, 5) is 17.1. The topological polar surface area (TPSA) is 35.6 Å². The maximum absolute atomic E-state index is 12.3. The molecule has 2 aliphatic heterocycles. The molecule has 24 heavy (non-hydrogen) atoms. The second-order valence-corrected chi connectivity index (χ2v) is 7.40. The number of piperazine rings is 1. The number of rotatable bonds is 2. The zero-order valence-corrected chi connectivity index (χ0v) is 15.0. The highest BCUT2D eigenvalue weighted by Crippen LogP contribution is 2.35. The number of nitrogens with zero attached hydrogens (tertiary/aromatic N) is 2. The molecular formula is C19H20BrN3O. The van der Waals surface area contributed by atoms with Gasteiger partial charge in [0.1, 0.15) is 0 Å². The fourth-order valence-corrected chi connectivity index (χ4v) is 4.01. The molecule has 1 atom stereocenters. The van der Waals surface area contributed by atoms with E-state index in [9.17, 15) is 4.79 Å². The van der Waals surface area contributed by atoms with E-state index in [2.05, 4.69) is 61.4 Å². The average Bonchev–Trinajstić information content (AvgIpc) is 2.71. The van der Waals surface area contributed by atoms with Gasteiger partial charge in [0.2, 0.25) is 5.91 Å². The molecule has 0 spiro atoms. The molecule has 1 N–H and O–H groups in total. The molecule has 2 heterocycles. The number of hydrogen-bond donors (Lipinski definition) is 1. The van der Waals surface area contributed by atoms with E-state index < -0.39 is 0 Å². The summed E-state index contributed by atoms with van der Waals surface area (Å²) in [5.74, 6) is 0.104. The average molecular weight is 386 g/mol. The highest BCUT2D eigenvalue weighted by atomic mass is 79.9. The summed E-state index contributed by atoms with van der Waals surface area (Å²) in [6, 6.07) is 16.8. The molecule has 1 saturated heterocycles. The van der Waals surface area contributed by atoms with Crippen molar-refractivity contribution >= 4 is 33.2 Å². The van der Waals surface area contributed by atoms with Crippen LogP contribution in [0, 0.1) is 0 Å². The first kappa shape index (κ1) is 15.7. The maximum atomic E-state index is 12.3. The highest BCUT2D eigenvalue weighted by molar-refractivity contribution is 9.10. The zero-order chi connectivity index (χ0) is 16.5. The second-order valence-electron chi connectivity index (χ2n) is 6.48. The molecule has 0 unspecified atom stereocenters. The molecule has 2 aliphatic rings. The van der Waals surface area contributed by atoms with Gasteiger partial charge in [0.15, 0.2) is 0 Å². The number of carbonyl (C=O) groups is 1. The number of nitrogens with one attached hydrogen (secondary N) is 1. The summed E-state index contributed by atoms with van der Waals surface area (Å²) >= 11 is 3.55. The Balaban J connectivity index is 1.56. The number of amides is 1. The summed E-state index contributed by atoms with van der Waals surface area (Å²) in [6.45, 7) is 3.80. The molecule has 4 nitrogen and oxygen atoms in total. The summed E-state index contributed by atoms with van der Waals surface area (Å²) < 4.78 is 1.04. The van der Waals surface area contributed by atoms with Crippen LogP contribution >= 0.6 is 15.9 Å². The van der Waals surface area contributed by atoms with Gasteiger partial charge in [-0.1, -0.05) is 46.3 Å². The normalized spacial score (nSPS) is 20.8. The van der Waals surface area contributed by atoms with Gasteiger partial charge in [0.25, 0.3) is 0 Å². The molecule has 4 rings (SSSR count). The van der Waals surface area contributed by atoms with E-state index in [0.29, 0.717) is 6.42 Å². The molecule has 0 aromatic heterocycles. The summed E-state index contributed by atoms with van der Waals surface area (Å²) in [6.07, 6.45) is 0.539. The Bertz CT molecular complexity index is 750. The molecule has 1 fully saturated rings. The monoisotopic (exact) mass is 385 g/mol. The first-order chi connectivity index (χ1) is 11.7. The van der Waals surface area contributed by atoms with Gasteiger partial charge in [-0.2, -0.15) is 0 Å². The lowest BCUT2D eigenvalue weighted by molar-refractivity contribution is -0.116. The number of anilines is 2. The Morgan fingerprint density at radius 2 is 1.96 bits per heavy atom. The summed E-state index contributed by atoms with van der Waals surface area (Å²) in [7, 11) is 0. The Hall–Kier alpha value is -1.85. The lowest BCUT2D eigenvalue weighted by Gasteiger charge is -2.42. The van der Waals surface area contributed by atoms with E-state index in [-0.39, 0.29) is 11.9 Å². The Labute approximate surface area is 150 Å². The molecule has 0 aliphatic carbocycles. The zero-order valence-electron chi connectivity index (χ0n) is 13.4. The van der Waals surface area contributed by atoms with Crippen molar-refractivity contribution in [3.63, 3.8) is 0 Å². The van der Waals surface area contributed by atoms with E-state index in [0.717, 1.165) is 42.0 Å². The van der Waals surface area contributed by atoms with Crippen LogP contribution in [0.1, 0.15) is 12.0 Å². The first-order valence-electron chi connectivity index (χ1n) is 8.31. The van der Waals surface area contributed by atoms with Crippen LogP contribution < -0.4 is 10.2 Å². The predicted molar refractivity (Wildman–Crippen MR) is 100 cm³/mol. The maximum Gasteiger partial charge on any atom is 0.226 e. The largest absolute Gasteiger partial charge is 0.364 e. The molecule has 0 saturated carbocycles. The van der Waals surface area contributed by atoms with Crippen LogP contribution in [-0.2, 0) is 11.3 Å². The van der Waals surface area contributed by atoms with Crippen molar-refractivity contribution in [1.82, 2.24) is 4.90 Å². The van der Waals surface area contributed by atoms with Crippen LogP contribution in [0.5, 0.6) is 0 Å². The van der Waals surface area contributed by atoms with Crippen molar-refractivity contribution in [2.45, 2.75) is 19.0 Å². The number of hydrogen-bond acceptors (Lipinski definition) is 3. The Morgan fingerprint density at radius 3 is 2.79 bits per heavy atom. The van der Waals surface area contributed by atoms with E-state index in [1.165, 1.54) is 5.56 Å². The number of fused-ring (bicyclic) bond motifs is 3. The van der Waals surface area contributed by atoms with E-state index >= 15 is 0 Å². The van der Waals surface area contributed by atoms with Crippen LogP contribution in [-0.4, -0.2) is 36.5 Å². The number of carbonyl (C=O) groups excluding carboxylic acids is 1. The molecule has 0 bridgehead atoms. The van der Waals surface area contributed by atoms with Crippen molar-refractivity contribution in [1.29, 1.82) is 0 Å². The third-order valence-corrected chi connectivity index (χ3v) is 5.27. The van der Waals surface area contributed by atoms with Gasteiger partial charge in [0.05, 0.1) is 17.4 Å². The minimum Gasteiger partial charge on any atom is -0.364 e. The van der Waals surface area contributed by atoms with Crippen LogP contribution in [0.2, 0.25) is 0 Å². The third-order valence-electron chi connectivity index (χ3n) is 4.78. The number of halogens is 1. The number of benzene rings is 2. The van der Waals surface area contributed by atoms with Gasteiger partial charge >= 0.3 is 0 Å². The molecule has 1 amide bonds. The molecule has 124 valence electrons. The van der Waals surface area contributed by atoms with Gasteiger partial charge in [-0.05, 0) is 23.8 Å². The van der Waals surface area contributed by atoms with Crippen molar-refractivity contribution < 1.29 is 4.79 Å². The predicted octanol–water partition coefficient (Wildman–Crippen LogP) is 3.48. The third kappa shape index (κ3) is 3.19. The first-order valence-corrected chi connectivity index (χ1v) is 9.11. The van der Waals surface area contributed by atoms with Gasteiger partial charge in [0, 0.05) is 37.1 Å². The molecule has 2 aromatic carbocycles. The fraction of sp³-hybridized carbons (Fsp3) is 0.316. The minimum atomic E-state index is 0.104. The van der Waals surface area contributed by atoms with Crippen molar-refractivity contribution in [2.75, 3.05) is 29.9 Å². The molecule has 2 aromatic rings. The lowest BCUT2D eigenvalue weighted by atomic mass is 10.1. The van der Waals surface area contributed by atoms with Crippen LogP contribution in [0.15, 0.2) is 53.0 Å². The van der Waals surface area contributed by atoms with Crippen LogP contribution in [0.3, 0.4) is 0 Å². The summed E-state index contributed by atoms with van der Waals surface area (Å²) in [5, 5.41) is 3.05. The smallest absolute Gasteiger partial charge is 0.226 e. The van der Waals surface area contributed by atoms with Crippen molar-refractivity contribution in [2.24, 2.45) is 0 Å². The Morgan fingerprint density at radius 1 is 1.12 bits per heavy atom. The molecule has 0 radical (unpaired) electrons. The van der Waals surface area contributed by atoms with Gasteiger partial charge < -0.3 is 10.2 Å². The lowest BCUT2D eigenvalue weighted by Crippen LogP contribution is -2.53. The van der Waals surface area contributed by atoms with E-state index in [1.54, 1.807) is 0 Å². The quantitative estimate of drug-likeness (QED) is 0.859. The van der Waals surface area contributed by atoms with E-state index in [1.807, 2.05) is 18.2 Å². The molecule has 5 heteroatoms. The standard InChI is InChI=1S/C19H20BrN3O/c20-15-6-7-17-18(10-15)23-9-8-22(12-14-4-2-1-3-5-14)13-16(23)11-19(24)21-17/h1-7,10,16H,8-9,11-13H2,(H,21,24)/t16-/m0/s1. The SMILES string of the molecule is O=C1C[C@H]2CN(Cc3ccccc3)CCN2c2cc(Br)ccc2N1. The molecular weight excluding hydrogens is 366 g/mol. The minimum absolute atomic E-state index is 0.104.